The van der Waals surface area contributed by atoms with E-state index in [1.807, 2.05) is 0 Å². The van der Waals surface area contributed by atoms with Gasteiger partial charge in [0.25, 0.3) is 0 Å². The van der Waals surface area contributed by atoms with Gasteiger partial charge in [0.15, 0.2) is 5.75 Å². The topological polar surface area (TPSA) is 151 Å². The van der Waals surface area contributed by atoms with Gasteiger partial charge in [0.2, 0.25) is 0 Å². The van der Waals surface area contributed by atoms with Crippen molar-refractivity contribution in [3.05, 3.63) is 52.3 Å². The van der Waals surface area contributed by atoms with Crippen molar-refractivity contribution in [2.75, 3.05) is 19.1 Å². The number of benzene rings is 1. The van der Waals surface area contributed by atoms with Gasteiger partial charge in [-0.3, -0.25) is 4.98 Å². The van der Waals surface area contributed by atoms with Crippen LogP contribution < -0.4 is 4.74 Å². The Bertz CT molecular complexity index is 1030. The van der Waals surface area contributed by atoms with Crippen LogP contribution >= 0.6 is 0 Å². The molecular weight excluding hydrogens is 402 g/mol. The van der Waals surface area contributed by atoms with Gasteiger partial charge in [0.05, 0.1) is 29.8 Å². The van der Waals surface area contributed by atoms with Crippen molar-refractivity contribution >= 4 is 21.8 Å². The number of aromatic nitrogens is 1. The summed E-state index contributed by atoms with van der Waals surface area (Å²) in [6, 6.07) is 7.03. The Hall–Kier alpha value is -3.14. The van der Waals surface area contributed by atoms with Crippen LogP contribution in [0, 0.1) is 0 Å². The van der Waals surface area contributed by atoms with Crippen molar-refractivity contribution in [1.29, 1.82) is 0 Å². The lowest BCUT2D eigenvalue weighted by atomic mass is 9.98. The van der Waals surface area contributed by atoms with E-state index >= 15 is 0 Å². The highest BCUT2D eigenvalue weighted by atomic mass is 32.2. The summed E-state index contributed by atoms with van der Waals surface area (Å²) in [6.07, 6.45) is 1.20. The van der Waals surface area contributed by atoms with Gasteiger partial charge >= 0.3 is 11.9 Å². The van der Waals surface area contributed by atoms with Crippen LogP contribution in [-0.4, -0.2) is 59.8 Å². The molecule has 1 heterocycles. The highest BCUT2D eigenvalue weighted by Gasteiger charge is 2.28. The van der Waals surface area contributed by atoms with Crippen molar-refractivity contribution < 1.29 is 38.1 Å². The van der Waals surface area contributed by atoms with Gasteiger partial charge in [-0.2, -0.15) is 0 Å². The lowest BCUT2D eigenvalue weighted by Crippen LogP contribution is -2.17. The summed E-state index contributed by atoms with van der Waals surface area (Å²) in [5.74, 6) is -3.71. The second-order valence-electron chi connectivity index (χ2n) is 6.44. The molecule has 0 atom stereocenters. The molecule has 0 aliphatic carbocycles. The molecule has 0 aliphatic rings. The molecule has 0 saturated carbocycles. The number of carboxylic acids is 2. The molecule has 3 N–H and O–H groups in total. The minimum Gasteiger partial charge on any atom is -0.505 e. The Morgan fingerprint density at radius 1 is 0.966 bits per heavy atom. The normalized spacial score (nSPS) is 11.2. The fraction of sp³-hybridized carbons (Fsp3) is 0.316. The Labute approximate surface area is 167 Å². The van der Waals surface area contributed by atoms with Crippen molar-refractivity contribution in [3.8, 4) is 11.5 Å². The third-order valence-electron chi connectivity index (χ3n) is 4.27. The number of methoxy groups -OCH3 is 1. The SMILES string of the molecule is COc1ccc(CCc2nc(CCS(C)(=O)=O)c(O)c(C(=O)O)c2C(=O)O)cc1. The van der Waals surface area contributed by atoms with Gasteiger partial charge < -0.3 is 20.1 Å². The summed E-state index contributed by atoms with van der Waals surface area (Å²) in [4.78, 5) is 27.4. The molecule has 0 aliphatic heterocycles. The number of sulfone groups is 1. The number of aryl methyl sites for hydroxylation is 3. The van der Waals surface area contributed by atoms with Gasteiger partial charge in [-0.05, 0) is 30.5 Å². The lowest BCUT2D eigenvalue weighted by molar-refractivity contribution is 0.0646. The second-order valence-corrected chi connectivity index (χ2v) is 8.70. The van der Waals surface area contributed by atoms with Crippen LogP contribution in [0.25, 0.3) is 0 Å². The van der Waals surface area contributed by atoms with Crippen LogP contribution in [0.1, 0.15) is 37.7 Å². The van der Waals surface area contributed by atoms with E-state index in [4.69, 9.17) is 4.74 Å². The largest absolute Gasteiger partial charge is 0.505 e. The fourth-order valence-electron chi connectivity index (χ4n) is 2.81. The number of carboxylic acid groups (broad SMARTS) is 2. The van der Waals surface area contributed by atoms with E-state index < -0.39 is 38.7 Å². The highest BCUT2D eigenvalue weighted by molar-refractivity contribution is 7.90. The van der Waals surface area contributed by atoms with Gasteiger partial charge in [-0.15, -0.1) is 0 Å². The number of aromatic hydroxyl groups is 1. The number of aromatic carboxylic acids is 2. The number of carbonyl (C=O) groups is 2. The van der Waals surface area contributed by atoms with Crippen LogP contribution in [0.2, 0.25) is 0 Å². The number of rotatable bonds is 9. The first kappa shape index (κ1) is 22.2. The molecule has 10 heteroatoms. The molecule has 2 aromatic rings. The first-order chi connectivity index (χ1) is 13.5. The molecule has 156 valence electrons. The zero-order valence-corrected chi connectivity index (χ0v) is 16.7. The summed E-state index contributed by atoms with van der Waals surface area (Å²) < 4.78 is 27.9. The van der Waals surface area contributed by atoms with E-state index in [0.717, 1.165) is 11.8 Å². The molecule has 0 saturated heterocycles. The van der Waals surface area contributed by atoms with Gasteiger partial charge in [-0.25, -0.2) is 18.0 Å². The van der Waals surface area contributed by atoms with E-state index in [1.54, 1.807) is 24.3 Å². The van der Waals surface area contributed by atoms with Crippen molar-refractivity contribution in [2.24, 2.45) is 0 Å². The zero-order chi connectivity index (χ0) is 21.8. The number of nitrogens with zero attached hydrogens (tertiary/aromatic N) is 1. The van der Waals surface area contributed by atoms with Crippen molar-refractivity contribution in [3.63, 3.8) is 0 Å². The Kier molecular flexibility index (Phi) is 6.80. The Morgan fingerprint density at radius 3 is 2.03 bits per heavy atom. The molecule has 0 amide bonds. The van der Waals surface area contributed by atoms with Crippen LogP contribution in [-0.2, 0) is 29.1 Å². The van der Waals surface area contributed by atoms with E-state index in [1.165, 1.54) is 7.11 Å². The average molecular weight is 423 g/mol. The summed E-state index contributed by atoms with van der Waals surface area (Å²) in [5.41, 5.74) is -0.756. The molecule has 0 fully saturated rings. The molecule has 29 heavy (non-hydrogen) atoms. The summed E-state index contributed by atoms with van der Waals surface area (Å²) >= 11 is 0. The van der Waals surface area contributed by atoms with Gasteiger partial charge in [-0.1, -0.05) is 12.1 Å². The summed E-state index contributed by atoms with van der Waals surface area (Å²) in [5, 5.41) is 29.2. The maximum absolute atomic E-state index is 11.7. The van der Waals surface area contributed by atoms with Gasteiger partial charge in [0.1, 0.15) is 21.2 Å². The zero-order valence-electron chi connectivity index (χ0n) is 15.9. The molecule has 0 bridgehead atoms. The van der Waals surface area contributed by atoms with Crippen molar-refractivity contribution in [2.45, 2.75) is 19.3 Å². The van der Waals surface area contributed by atoms with E-state index in [-0.39, 0.29) is 30.0 Å². The molecule has 1 aromatic carbocycles. The molecule has 0 unspecified atom stereocenters. The quantitative estimate of drug-likeness (QED) is 0.546. The maximum Gasteiger partial charge on any atom is 0.340 e. The van der Waals surface area contributed by atoms with Gasteiger partial charge in [0, 0.05) is 12.7 Å². The van der Waals surface area contributed by atoms with E-state index in [9.17, 15) is 33.3 Å². The smallest absolute Gasteiger partial charge is 0.340 e. The highest BCUT2D eigenvalue weighted by Crippen LogP contribution is 2.29. The molecule has 2 rings (SSSR count). The minimum absolute atomic E-state index is 0.0352. The number of ether oxygens (including phenoxy) is 1. The van der Waals surface area contributed by atoms with Crippen LogP contribution in [0.3, 0.4) is 0 Å². The number of pyridine rings is 1. The van der Waals surface area contributed by atoms with Crippen LogP contribution in [0.15, 0.2) is 24.3 Å². The third kappa shape index (κ3) is 5.67. The number of hydrogen-bond donors (Lipinski definition) is 3. The molecule has 0 radical (unpaired) electrons. The monoisotopic (exact) mass is 423 g/mol. The lowest BCUT2D eigenvalue weighted by Gasteiger charge is -2.14. The minimum atomic E-state index is -3.40. The average Bonchev–Trinajstić information content (AvgIpc) is 2.64. The van der Waals surface area contributed by atoms with Crippen molar-refractivity contribution in [1.82, 2.24) is 4.98 Å². The Balaban J connectivity index is 2.47. The summed E-state index contributed by atoms with van der Waals surface area (Å²) in [7, 11) is -1.87. The fourth-order valence-corrected chi connectivity index (χ4v) is 3.37. The summed E-state index contributed by atoms with van der Waals surface area (Å²) in [6.45, 7) is 0. The first-order valence-corrected chi connectivity index (χ1v) is 10.6. The molecule has 1 aromatic heterocycles. The number of hydrogen-bond acceptors (Lipinski definition) is 7. The van der Waals surface area contributed by atoms with Crippen LogP contribution in [0.4, 0.5) is 0 Å². The molecule has 0 spiro atoms. The third-order valence-corrected chi connectivity index (χ3v) is 5.21. The second kappa shape index (κ2) is 8.91. The Morgan fingerprint density at radius 2 is 1.55 bits per heavy atom. The maximum atomic E-state index is 11.7. The molecule has 9 nitrogen and oxygen atoms in total. The first-order valence-electron chi connectivity index (χ1n) is 8.55. The predicted molar refractivity (Wildman–Crippen MR) is 104 cm³/mol. The predicted octanol–water partition coefficient (Wildman–Crippen LogP) is 1.56. The molecular formula is C19H21NO8S. The van der Waals surface area contributed by atoms with Crippen LogP contribution in [0.5, 0.6) is 11.5 Å². The standard InChI is InChI=1S/C19H21NO8S/c1-28-12-6-3-11(4-7-12)5-8-13-15(18(22)23)16(19(24)25)17(21)14(20-13)9-10-29(2,26)27/h3-4,6-7,21H,5,8-10H2,1-2H3,(H,22,23)(H,24,25). The van der Waals surface area contributed by atoms with E-state index in [0.29, 0.717) is 12.2 Å². The van der Waals surface area contributed by atoms with E-state index in [2.05, 4.69) is 4.98 Å².